The standard InChI is InChI=1S/C24H20N2O6/c1-12(24(28)31-4)32-13-5-7-17-16(11-13)14-9-10-25-20-15-6-8-18(29-2)22(30-3)19(15)23(27)26(17)21(14)20/h5-12H,1-4H3/t12-/m1/s1. The van der Waals surface area contributed by atoms with Crippen LogP contribution < -0.4 is 19.8 Å². The second-order valence-electron chi connectivity index (χ2n) is 7.38. The summed E-state index contributed by atoms with van der Waals surface area (Å²) in [5.74, 6) is 0.868. The van der Waals surface area contributed by atoms with Gasteiger partial charge < -0.3 is 18.9 Å². The van der Waals surface area contributed by atoms with E-state index in [0.29, 0.717) is 44.6 Å². The highest BCUT2D eigenvalue weighted by molar-refractivity contribution is 6.19. The molecule has 0 saturated heterocycles. The van der Waals surface area contributed by atoms with Gasteiger partial charge in [0.25, 0.3) is 5.56 Å². The Bertz CT molecular complexity index is 1570. The topological polar surface area (TPSA) is 88.4 Å². The summed E-state index contributed by atoms with van der Waals surface area (Å²) in [6.45, 7) is 1.62. The van der Waals surface area contributed by atoms with Crippen LogP contribution in [0, 0.1) is 0 Å². The Hall–Kier alpha value is -4.07. The van der Waals surface area contributed by atoms with Crippen molar-refractivity contribution in [2.75, 3.05) is 21.3 Å². The maximum atomic E-state index is 13.7. The Balaban J connectivity index is 1.88. The van der Waals surface area contributed by atoms with Gasteiger partial charge in [-0.15, -0.1) is 0 Å². The predicted molar refractivity (Wildman–Crippen MR) is 120 cm³/mol. The average Bonchev–Trinajstić information content (AvgIpc) is 3.15. The maximum absolute atomic E-state index is 13.7. The molecule has 8 nitrogen and oxygen atoms in total. The minimum Gasteiger partial charge on any atom is -0.493 e. The molecular weight excluding hydrogens is 412 g/mol. The zero-order valence-corrected chi connectivity index (χ0v) is 18.0. The molecule has 0 unspecified atom stereocenters. The number of pyridine rings is 2. The number of ether oxygens (including phenoxy) is 4. The van der Waals surface area contributed by atoms with Crippen LogP contribution in [0.2, 0.25) is 0 Å². The number of fused-ring (bicyclic) bond motifs is 5. The van der Waals surface area contributed by atoms with Crippen molar-refractivity contribution in [1.29, 1.82) is 0 Å². The van der Waals surface area contributed by atoms with E-state index in [1.165, 1.54) is 21.3 Å². The number of carbonyl (C=O) groups excluding carboxylic acids is 1. The number of benzene rings is 2. The van der Waals surface area contributed by atoms with Gasteiger partial charge >= 0.3 is 5.97 Å². The maximum Gasteiger partial charge on any atom is 0.346 e. The van der Waals surface area contributed by atoms with Gasteiger partial charge in [0.1, 0.15) is 5.75 Å². The highest BCUT2D eigenvalue weighted by Gasteiger charge is 2.22. The van der Waals surface area contributed by atoms with E-state index in [1.54, 1.807) is 35.7 Å². The molecule has 1 atom stereocenters. The van der Waals surface area contributed by atoms with Crippen molar-refractivity contribution in [3.63, 3.8) is 0 Å². The molecule has 5 rings (SSSR count). The first-order valence-electron chi connectivity index (χ1n) is 9.97. The van der Waals surface area contributed by atoms with E-state index < -0.39 is 12.1 Å². The molecule has 0 aliphatic heterocycles. The first kappa shape index (κ1) is 19.9. The van der Waals surface area contributed by atoms with Crippen LogP contribution in [0.25, 0.3) is 38.1 Å². The minimum absolute atomic E-state index is 0.229. The monoisotopic (exact) mass is 432 g/mol. The van der Waals surface area contributed by atoms with Crippen LogP contribution >= 0.6 is 0 Å². The third kappa shape index (κ3) is 2.65. The number of esters is 1. The molecule has 0 amide bonds. The summed E-state index contributed by atoms with van der Waals surface area (Å²) in [4.78, 5) is 30.0. The van der Waals surface area contributed by atoms with Gasteiger partial charge in [-0.2, -0.15) is 0 Å². The number of aromatic nitrogens is 2. The Morgan fingerprint density at radius 1 is 1.00 bits per heavy atom. The van der Waals surface area contributed by atoms with Gasteiger partial charge in [-0.1, -0.05) is 0 Å². The number of rotatable bonds is 5. The summed E-state index contributed by atoms with van der Waals surface area (Å²) < 4.78 is 23.1. The van der Waals surface area contributed by atoms with E-state index in [1.807, 2.05) is 18.2 Å². The Morgan fingerprint density at radius 2 is 1.81 bits per heavy atom. The lowest BCUT2D eigenvalue weighted by Crippen LogP contribution is -2.24. The van der Waals surface area contributed by atoms with Crippen molar-refractivity contribution in [3.8, 4) is 17.2 Å². The smallest absolute Gasteiger partial charge is 0.346 e. The van der Waals surface area contributed by atoms with Gasteiger partial charge in [0.2, 0.25) is 0 Å². The summed E-state index contributed by atoms with van der Waals surface area (Å²) in [6, 6.07) is 10.8. The number of nitrogens with zero attached hydrogens (tertiary/aromatic N) is 2. The average molecular weight is 432 g/mol. The van der Waals surface area contributed by atoms with Crippen LogP contribution in [0.1, 0.15) is 6.92 Å². The molecule has 0 N–H and O–H groups in total. The van der Waals surface area contributed by atoms with E-state index in [2.05, 4.69) is 4.98 Å². The van der Waals surface area contributed by atoms with Crippen LogP contribution in [0.4, 0.5) is 0 Å². The highest BCUT2D eigenvalue weighted by Crippen LogP contribution is 2.39. The molecular formula is C24H20N2O6. The third-order valence-electron chi connectivity index (χ3n) is 5.71. The fourth-order valence-electron chi connectivity index (χ4n) is 4.29. The molecule has 0 aliphatic rings. The molecule has 3 heterocycles. The number of hydrogen-bond donors (Lipinski definition) is 0. The van der Waals surface area contributed by atoms with Crippen molar-refractivity contribution < 1.29 is 23.7 Å². The van der Waals surface area contributed by atoms with E-state index in [-0.39, 0.29) is 5.56 Å². The quantitative estimate of drug-likeness (QED) is 0.310. The van der Waals surface area contributed by atoms with Gasteiger partial charge in [-0.25, -0.2) is 4.79 Å². The lowest BCUT2D eigenvalue weighted by molar-refractivity contribution is -0.147. The molecule has 0 radical (unpaired) electrons. The zero-order chi connectivity index (χ0) is 22.6. The summed E-state index contributed by atoms with van der Waals surface area (Å²) >= 11 is 0. The third-order valence-corrected chi connectivity index (χ3v) is 5.71. The number of hydrogen-bond acceptors (Lipinski definition) is 7. The molecule has 32 heavy (non-hydrogen) atoms. The Kier molecular flexibility index (Phi) is 4.51. The van der Waals surface area contributed by atoms with Gasteiger partial charge in [-0.3, -0.25) is 14.2 Å². The van der Waals surface area contributed by atoms with Crippen molar-refractivity contribution >= 4 is 44.1 Å². The summed E-state index contributed by atoms with van der Waals surface area (Å²) in [7, 11) is 4.36. The van der Waals surface area contributed by atoms with Crippen LogP contribution in [-0.2, 0) is 9.53 Å². The largest absolute Gasteiger partial charge is 0.493 e. The normalized spacial score (nSPS) is 12.5. The zero-order valence-electron chi connectivity index (χ0n) is 18.0. The van der Waals surface area contributed by atoms with Crippen LogP contribution in [0.5, 0.6) is 17.2 Å². The minimum atomic E-state index is -0.763. The Morgan fingerprint density at radius 3 is 2.53 bits per heavy atom. The molecule has 3 aromatic heterocycles. The van der Waals surface area contributed by atoms with E-state index in [9.17, 15) is 9.59 Å². The molecule has 0 spiro atoms. The molecule has 2 aromatic carbocycles. The highest BCUT2D eigenvalue weighted by atomic mass is 16.6. The number of methoxy groups -OCH3 is 3. The van der Waals surface area contributed by atoms with Crippen molar-refractivity contribution in [2.45, 2.75) is 13.0 Å². The fourth-order valence-corrected chi connectivity index (χ4v) is 4.29. The molecule has 0 fully saturated rings. The molecule has 162 valence electrons. The van der Waals surface area contributed by atoms with Gasteiger partial charge in [0.05, 0.1) is 43.3 Å². The van der Waals surface area contributed by atoms with E-state index in [0.717, 1.165) is 10.8 Å². The Labute approximate surface area is 182 Å². The fraction of sp³-hybridized carbons (Fsp3) is 0.208. The van der Waals surface area contributed by atoms with E-state index in [4.69, 9.17) is 18.9 Å². The van der Waals surface area contributed by atoms with Crippen LogP contribution in [0.3, 0.4) is 0 Å². The first-order valence-corrected chi connectivity index (χ1v) is 9.97. The molecule has 0 bridgehead atoms. The molecule has 0 saturated carbocycles. The van der Waals surface area contributed by atoms with Crippen LogP contribution in [0.15, 0.2) is 47.4 Å². The van der Waals surface area contributed by atoms with Crippen molar-refractivity contribution in [3.05, 3.63) is 52.9 Å². The van der Waals surface area contributed by atoms with Gasteiger partial charge in [0, 0.05) is 22.4 Å². The summed E-state index contributed by atoms with van der Waals surface area (Å²) in [5, 5.41) is 2.75. The summed E-state index contributed by atoms with van der Waals surface area (Å²) in [6.07, 6.45) is 0.948. The van der Waals surface area contributed by atoms with Gasteiger partial charge in [-0.05, 0) is 43.3 Å². The van der Waals surface area contributed by atoms with E-state index >= 15 is 0 Å². The van der Waals surface area contributed by atoms with Gasteiger partial charge in [0.15, 0.2) is 17.6 Å². The predicted octanol–water partition coefficient (Wildman–Crippen LogP) is 3.55. The second kappa shape index (κ2) is 7.26. The lowest BCUT2D eigenvalue weighted by Gasteiger charge is -2.12. The molecule has 8 heteroatoms. The summed E-state index contributed by atoms with van der Waals surface area (Å²) in [5.41, 5.74) is 1.87. The SMILES string of the molecule is COC(=O)[C@@H](C)Oc1ccc2c(c1)c1ccnc3c4ccc(OC)c(OC)c4c(=O)n2c13. The van der Waals surface area contributed by atoms with Crippen molar-refractivity contribution in [1.82, 2.24) is 9.38 Å². The lowest BCUT2D eigenvalue weighted by atomic mass is 10.1. The van der Waals surface area contributed by atoms with Crippen molar-refractivity contribution in [2.24, 2.45) is 0 Å². The first-order chi connectivity index (χ1) is 15.5. The second-order valence-corrected chi connectivity index (χ2v) is 7.38. The molecule has 0 aliphatic carbocycles. The number of carbonyl (C=O) groups is 1. The molecule has 5 aromatic rings. The van der Waals surface area contributed by atoms with Crippen LogP contribution in [-0.4, -0.2) is 42.8 Å².